The highest BCUT2D eigenvalue weighted by Gasteiger charge is 2.18. The van der Waals surface area contributed by atoms with Crippen molar-refractivity contribution in [2.75, 3.05) is 14.2 Å². The molecule has 0 aliphatic rings. The quantitative estimate of drug-likeness (QED) is 0.797. The lowest BCUT2D eigenvalue weighted by molar-refractivity contribution is 0.399. The molecule has 4 heteroatoms. The Hall–Kier alpha value is -1.42. The van der Waals surface area contributed by atoms with Crippen LogP contribution in [0.2, 0.25) is 0 Å². The average Bonchev–Trinajstić information content (AvgIpc) is 2.83. The second kappa shape index (κ2) is 5.48. The highest BCUT2D eigenvalue weighted by atomic mass is 79.9. The molecule has 3 nitrogen and oxygen atoms in total. The Morgan fingerprint density at radius 2 is 1.94 bits per heavy atom. The van der Waals surface area contributed by atoms with Crippen LogP contribution in [-0.2, 0) is 0 Å². The molecule has 1 atom stereocenters. The molecule has 0 radical (unpaired) electrons. The third kappa shape index (κ3) is 2.53. The zero-order valence-corrected chi connectivity index (χ0v) is 12.2. The molecule has 2 rings (SSSR count). The molecule has 0 fully saturated rings. The van der Waals surface area contributed by atoms with Gasteiger partial charge in [0.1, 0.15) is 17.3 Å². The smallest absolute Gasteiger partial charge is 0.123 e. The zero-order valence-electron chi connectivity index (χ0n) is 10.6. The van der Waals surface area contributed by atoms with Gasteiger partial charge in [0.05, 0.1) is 25.3 Å². The maximum atomic E-state index is 5.38. The molecule has 0 spiro atoms. The number of alkyl halides is 1. The summed E-state index contributed by atoms with van der Waals surface area (Å²) in [4.78, 5) is 0.0139. The van der Waals surface area contributed by atoms with Crippen LogP contribution in [0.4, 0.5) is 0 Å². The van der Waals surface area contributed by atoms with Crippen LogP contribution >= 0.6 is 15.9 Å². The molecule has 0 saturated carbocycles. The minimum absolute atomic E-state index is 0.0139. The summed E-state index contributed by atoms with van der Waals surface area (Å²) in [5.41, 5.74) is 2.07. The van der Waals surface area contributed by atoms with Crippen molar-refractivity contribution in [3.05, 3.63) is 47.4 Å². The van der Waals surface area contributed by atoms with Crippen LogP contribution in [0.25, 0.3) is 0 Å². The predicted molar refractivity (Wildman–Crippen MR) is 73.8 cm³/mol. The fourth-order valence-corrected chi connectivity index (χ4v) is 2.41. The van der Waals surface area contributed by atoms with E-state index in [0.29, 0.717) is 0 Å². The molecule has 0 saturated heterocycles. The topological polar surface area (TPSA) is 31.6 Å². The largest absolute Gasteiger partial charge is 0.497 e. The molecule has 0 aliphatic carbocycles. The number of furan rings is 1. The van der Waals surface area contributed by atoms with E-state index in [4.69, 9.17) is 13.9 Å². The number of hydrogen-bond acceptors (Lipinski definition) is 3. The highest BCUT2D eigenvalue weighted by Crippen LogP contribution is 2.39. The first-order valence-corrected chi connectivity index (χ1v) is 6.48. The fraction of sp³-hybridized carbons (Fsp3) is 0.286. The third-order valence-electron chi connectivity index (χ3n) is 2.75. The van der Waals surface area contributed by atoms with Gasteiger partial charge >= 0.3 is 0 Å². The summed E-state index contributed by atoms with van der Waals surface area (Å²) in [6, 6.07) is 7.73. The summed E-state index contributed by atoms with van der Waals surface area (Å²) in [6.07, 6.45) is 1.74. The van der Waals surface area contributed by atoms with Crippen LogP contribution in [0.1, 0.15) is 21.7 Å². The van der Waals surface area contributed by atoms with Crippen molar-refractivity contribution in [1.29, 1.82) is 0 Å². The molecule has 2 aromatic rings. The van der Waals surface area contributed by atoms with Gasteiger partial charge in [-0.3, -0.25) is 0 Å². The molecule has 0 aliphatic heterocycles. The number of ether oxygens (including phenoxy) is 2. The van der Waals surface area contributed by atoms with Crippen molar-refractivity contribution in [3.8, 4) is 11.5 Å². The first-order chi connectivity index (χ1) is 8.65. The second-order valence-electron chi connectivity index (χ2n) is 3.96. The zero-order chi connectivity index (χ0) is 13.1. The van der Waals surface area contributed by atoms with Crippen LogP contribution in [0.15, 0.2) is 34.9 Å². The lowest BCUT2D eigenvalue weighted by Crippen LogP contribution is -1.97. The van der Waals surface area contributed by atoms with Crippen molar-refractivity contribution in [2.45, 2.75) is 11.8 Å². The van der Waals surface area contributed by atoms with Gasteiger partial charge in [-0.1, -0.05) is 15.9 Å². The number of benzene rings is 1. The van der Waals surface area contributed by atoms with E-state index >= 15 is 0 Å². The SMILES string of the molecule is COc1ccc(OC)c(C(Br)c2coc(C)c2)c1. The van der Waals surface area contributed by atoms with Crippen LogP contribution in [0.5, 0.6) is 11.5 Å². The van der Waals surface area contributed by atoms with E-state index < -0.39 is 0 Å². The van der Waals surface area contributed by atoms with Crippen LogP contribution in [-0.4, -0.2) is 14.2 Å². The van der Waals surface area contributed by atoms with E-state index in [-0.39, 0.29) is 4.83 Å². The lowest BCUT2D eigenvalue weighted by Gasteiger charge is -2.14. The van der Waals surface area contributed by atoms with Gasteiger partial charge in [-0.05, 0) is 31.2 Å². The van der Waals surface area contributed by atoms with Gasteiger partial charge in [-0.2, -0.15) is 0 Å². The number of hydrogen-bond donors (Lipinski definition) is 0. The number of aryl methyl sites for hydroxylation is 1. The maximum Gasteiger partial charge on any atom is 0.123 e. The van der Waals surface area contributed by atoms with Gasteiger partial charge in [0.2, 0.25) is 0 Å². The Bertz CT molecular complexity index is 534. The van der Waals surface area contributed by atoms with Gasteiger partial charge < -0.3 is 13.9 Å². The maximum absolute atomic E-state index is 5.38. The summed E-state index contributed by atoms with van der Waals surface area (Å²) < 4.78 is 16.0. The minimum Gasteiger partial charge on any atom is -0.497 e. The van der Waals surface area contributed by atoms with E-state index in [1.165, 1.54) is 0 Å². The molecule has 0 bridgehead atoms. The molecular weight excluding hydrogens is 296 g/mol. The van der Waals surface area contributed by atoms with Gasteiger partial charge in [0, 0.05) is 11.1 Å². The molecule has 0 N–H and O–H groups in total. The molecule has 1 unspecified atom stereocenters. The van der Waals surface area contributed by atoms with E-state index in [9.17, 15) is 0 Å². The van der Waals surface area contributed by atoms with Gasteiger partial charge in [-0.15, -0.1) is 0 Å². The molecule has 18 heavy (non-hydrogen) atoms. The van der Waals surface area contributed by atoms with Gasteiger partial charge in [-0.25, -0.2) is 0 Å². The highest BCUT2D eigenvalue weighted by molar-refractivity contribution is 9.09. The van der Waals surface area contributed by atoms with Crippen molar-refractivity contribution in [2.24, 2.45) is 0 Å². The average molecular weight is 311 g/mol. The Morgan fingerprint density at radius 1 is 1.17 bits per heavy atom. The van der Waals surface area contributed by atoms with Crippen LogP contribution in [0.3, 0.4) is 0 Å². The first-order valence-electron chi connectivity index (χ1n) is 5.56. The summed E-state index contributed by atoms with van der Waals surface area (Å²) >= 11 is 3.67. The number of rotatable bonds is 4. The van der Waals surface area contributed by atoms with Crippen molar-refractivity contribution in [3.63, 3.8) is 0 Å². The predicted octanol–water partition coefficient (Wildman–Crippen LogP) is 4.09. The first kappa shape index (κ1) is 13.0. The van der Waals surface area contributed by atoms with Gasteiger partial charge in [0.25, 0.3) is 0 Å². The third-order valence-corrected chi connectivity index (χ3v) is 3.78. The molecule has 1 aromatic carbocycles. The van der Waals surface area contributed by atoms with E-state index in [0.717, 1.165) is 28.4 Å². The molecule has 1 aromatic heterocycles. The van der Waals surface area contributed by atoms with Crippen molar-refractivity contribution in [1.82, 2.24) is 0 Å². The molecule has 0 amide bonds. The minimum atomic E-state index is 0.0139. The Morgan fingerprint density at radius 3 is 2.50 bits per heavy atom. The number of methoxy groups -OCH3 is 2. The van der Waals surface area contributed by atoms with E-state index in [2.05, 4.69) is 15.9 Å². The van der Waals surface area contributed by atoms with Gasteiger partial charge in [0.15, 0.2) is 0 Å². The molecule has 1 heterocycles. The summed E-state index contributed by atoms with van der Waals surface area (Å²) in [5, 5.41) is 0. The Balaban J connectivity index is 2.41. The van der Waals surface area contributed by atoms with E-state index in [1.807, 2.05) is 31.2 Å². The summed E-state index contributed by atoms with van der Waals surface area (Å²) in [6.45, 7) is 1.92. The standard InChI is InChI=1S/C14H15BrO3/c1-9-6-10(8-18-9)14(15)12-7-11(16-2)4-5-13(12)17-3/h4-8,14H,1-3H3. The fourth-order valence-electron chi connectivity index (χ4n) is 1.81. The monoisotopic (exact) mass is 310 g/mol. The molecule has 96 valence electrons. The number of halogens is 1. The normalized spacial score (nSPS) is 12.2. The second-order valence-corrected chi connectivity index (χ2v) is 4.88. The summed E-state index contributed by atoms with van der Waals surface area (Å²) in [5.74, 6) is 2.50. The van der Waals surface area contributed by atoms with E-state index in [1.54, 1.807) is 20.5 Å². The summed E-state index contributed by atoms with van der Waals surface area (Å²) in [7, 11) is 3.31. The van der Waals surface area contributed by atoms with Crippen LogP contribution in [0, 0.1) is 6.92 Å². The van der Waals surface area contributed by atoms with Crippen molar-refractivity contribution < 1.29 is 13.9 Å². The Kier molecular flexibility index (Phi) is 3.97. The molecular formula is C14H15BrO3. The van der Waals surface area contributed by atoms with Crippen molar-refractivity contribution >= 4 is 15.9 Å². The van der Waals surface area contributed by atoms with Crippen LogP contribution < -0.4 is 9.47 Å². The Labute approximate surface area is 115 Å². The lowest BCUT2D eigenvalue weighted by atomic mass is 10.1.